The molecule has 0 amide bonds. The summed E-state index contributed by atoms with van der Waals surface area (Å²) in [6.45, 7) is 18.2. The van der Waals surface area contributed by atoms with Gasteiger partial charge in [0.15, 0.2) is 0 Å². The predicted molar refractivity (Wildman–Crippen MR) is 139 cm³/mol. The number of rotatable bonds is 14. The van der Waals surface area contributed by atoms with Gasteiger partial charge in [-0.15, -0.1) is 0 Å². The summed E-state index contributed by atoms with van der Waals surface area (Å²) in [5, 5.41) is 9.91. The van der Waals surface area contributed by atoms with Gasteiger partial charge in [0.05, 0.1) is 0 Å². The summed E-state index contributed by atoms with van der Waals surface area (Å²) in [6, 6.07) is 0. The molecule has 31 heavy (non-hydrogen) atoms. The molecule has 0 bridgehead atoms. The van der Waals surface area contributed by atoms with Gasteiger partial charge in [-0.05, 0) is 117 Å². The highest BCUT2D eigenvalue weighted by Crippen LogP contribution is 2.62. The average molecular weight is 427 g/mol. The number of aliphatic hydroxyl groups is 1. The first-order valence-corrected chi connectivity index (χ1v) is 12.5. The van der Waals surface area contributed by atoms with Crippen molar-refractivity contribution in [2.75, 3.05) is 6.61 Å². The fourth-order valence-corrected chi connectivity index (χ4v) is 4.63. The van der Waals surface area contributed by atoms with Gasteiger partial charge in [0.2, 0.25) is 0 Å². The lowest BCUT2D eigenvalue weighted by atomic mass is 9.95. The van der Waals surface area contributed by atoms with Gasteiger partial charge in [-0.25, -0.2) is 0 Å². The minimum atomic E-state index is 0.267. The van der Waals surface area contributed by atoms with Crippen LogP contribution in [0.5, 0.6) is 0 Å². The third-order valence-corrected chi connectivity index (χ3v) is 6.98. The monoisotopic (exact) mass is 426 g/mol. The lowest BCUT2D eigenvalue weighted by Gasteiger charge is -2.10. The molecule has 0 aromatic carbocycles. The van der Waals surface area contributed by atoms with E-state index in [4.69, 9.17) is 0 Å². The van der Waals surface area contributed by atoms with E-state index in [2.05, 4.69) is 85.8 Å². The van der Waals surface area contributed by atoms with Crippen molar-refractivity contribution < 1.29 is 5.11 Å². The van der Waals surface area contributed by atoms with E-state index in [9.17, 15) is 5.11 Å². The number of aliphatic hydroxyl groups excluding tert-OH is 1. The Morgan fingerprint density at radius 2 is 1.13 bits per heavy atom. The molecule has 0 heterocycles. The van der Waals surface area contributed by atoms with Crippen LogP contribution in [-0.4, -0.2) is 11.7 Å². The summed E-state index contributed by atoms with van der Waals surface area (Å²) >= 11 is 0. The summed E-state index contributed by atoms with van der Waals surface area (Å²) in [5.41, 5.74) is 7.56. The van der Waals surface area contributed by atoms with Crippen molar-refractivity contribution in [3.8, 4) is 0 Å². The first-order valence-electron chi connectivity index (χ1n) is 12.5. The van der Waals surface area contributed by atoms with Crippen molar-refractivity contribution in [3.05, 3.63) is 58.2 Å². The van der Waals surface area contributed by atoms with Crippen LogP contribution in [0.25, 0.3) is 0 Å². The number of hydrogen-bond donors (Lipinski definition) is 1. The standard InChI is InChI=1S/C30H50O/c1-23(2)13-9-15-25(5)17-11-18-27(7)21-28-29(22-31)30(28,8)20-12-19-26(6)16-10-14-24(3)4/h13-14,17,19,21,28-29,31H,9-12,15-16,18,20,22H2,1-8H3/b25-17+,26-19+,27-21+/t28-,29-,30+/m0/s1. The quantitative estimate of drug-likeness (QED) is 0.274. The maximum atomic E-state index is 9.91. The highest BCUT2D eigenvalue weighted by atomic mass is 16.3. The Bertz CT molecular complexity index is 692. The maximum Gasteiger partial charge on any atom is 0.0470 e. The van der Waals surface area contributed by atoms with Crippen LogP contribution in [0.2, 0.25) is 0 Å². The van der Waals surface area contributed by atoms with E-state index in [0.717, 1.165) is 38.5 Å². The molecule has 0 unspecified atom stereocenters. The van der Waals surface area contributed by atoms with Crippen LogP contribution in [-0.2, 0) is 0 Å². The Hall–Kier alpha value is -1.34. The minimum absolute atomic E-state index is 0.267. The van der Waals surface area contributed by atoms with Gasteiger partial charge in [0.1, 0.15) is 0 Å². The SMILES string of the molecule is CC(C)=CCC/C(C)=C/CC/C(C)=C/[C@H]1[C@H](CO)[C@]1(C)CC/C=C(\C)CCC=C(C)C. The van der Waals surface area contributed by atoms with Crippen LogP contribution in [0.15, 0.2) is 58.2 Å². The van der Waals surface area contributed by atoms with Gasteiger partial charge in [0, 0.05) is 6.61 Å². The summed E-state index contributed by atoms with van der Waals surface area (Å²) in [4.78, 5) is 0. The molecule has 0 radical (unpaired) electrons. The van der Waals surface area contributed by atoms with Crippen molar-refractivity contribution in [1.29, 1.82) is 0 Å². The van der Waals surface area contributed by atoms with Crippen molar-refractivity contribution in [1.82, 2.24) is 0 Å². The number of hydrogen-bond acceptors (Lipinski definition) is 1. The molecular weight excluding hydrogens is 376 g/mol. The van der Waals surface area contributed by atoms with E-state index in [-0.39, 0.29) is 5.41 Å². The molecule has 1 rings (SSSR count). The zero-order chi connectivity index (χ0) is 23.4. The Labute approximate surface area is 194 Å². The van der Waals surface area contributed by atoms with E-state index in [1.54, 1.807) is 0 Å². The average Bonchev–Trinajstić information content (AvgIpc) is 3.22. The largest absolute Gasteiger partial charge is 0.396 e. The molecule has 1 N–H and O–H groups in total. The topological polar surface area (TPSA) is 20.2 Å². The molecule has 1 aliphatic rings. The van der Waals surface area contributed by atoms with Crippen LogP contribution in [0.3, 0.4) is 0 Å². The van der Waals surface area contributed by atoms with Gasteiger partial charge < -0.3 is 5.11 Å². The predicted octanol–water partition coefficient (Wildman–Crippen LogP) is 9.12. The van der Waals surface area contributed by atoms with Gasteiger partial charge in [-0.3, -0.25) is 0 Å². The van der Waals surface area contributed by atoms with Crippen LogP contribution in [0, 0.1) is 17.3 Å². The van der Waals surface area contributed by atoms with Gasteiger partial charge in [-0.1, -0.05) is 65.2 Å². The van der Waals surface area contributed by atoms with Crippen LogP contribution in [0.1, 0.15) is 107 Å². The zero-order valence-corrected chi connectivity index (χ0v) is 21.9. The minimum Gasteiger partial charge on any atom is -0.396 e. The molecule has 1 saturated carbocycles. The molecule has 0 aromatic heterocycles. The molecule has 0 aromatic rings. The van der Waals surface area contributed by atoms with E-state index < -0.39 is 0 Å². The highest BCUT2D eigenvalue weighted by Gasteiger charge is 2.58. The molecule has 1 heteroatoms. The highest BCUT2D eigenvalue weighted by molar-refractivity contribution is 5.20. The van der Waals surface area contributed by atoms with Crippen LogP contribution < -0.4 is 0 Å². The molecule has 1 nitrogen and oxygen atoms in total. The summed E-state index contributed by atoms with van der Waals surface area (Å²) in [7, 11) is 0. The Kier molecular flexibility index (Phi) is 12.5. The fraction of sp³-hybridized carbons (Fsp3) is 0.667. The van der Waals surface area contributed by atoms with Gasteiger partial charge >= 0.3 is 0 Å². The van der Waals surface area contributed by atoms with E-state index in [1.165, 1.54) is 40.7 Å². The summed E-state index contributed by atoms with van der Waals surface area (Å²) < 4.78 is 0. The molecular formula is C30H50O. The smallest absolute Gasteiger partial charge is 0.0470 e. The molecule has 0 spiro atoms. The van der Waals surface area contributed by atoms with Gasteiger partial charge in [-0.2, -0.15) is 0 Å². The van der Waals surface area contributed by atoms with Crippen molar-refractivity contribution in [3.63, 3.8) is 0 Å². The Morgan fingerprint density at radius 3 is 1.61 bits per heavy atom. The second kappa shape index (κ2) is 13.9. The van der Waals surface area contributed by atoms with Gasteiger partial charge in [0.25, 0.3) is 0 Å². The Balaban J connectivity index is 2.49. The normalized spacial score (nSPS) is 24.2. The van der Waals surface area contributed by atoms with E-state index in [0.29, 0.717) is 18.4 Å². The second-order valence-electron chi connectivity index (χ2n) is 10.7. The van der Waals surface area contributed by atoms with E-state index in [1.807, 2.05) is 0 Å². The Morgan fingerprint density at radius 1 is 0.677 bits per heavy atom. The molecule has 0 saturated heterocycles. The lowest BCUT2D eigenvalue weighted by molar-refractivity contribution is 0.249. The lowest BCUT2D eigenvalue weighted by Crippen LogP contribution is -2.01. The first kappa shape index (κ1) is 27.7. The van der Waals surface area contributed by atoms with Crippen molar-refractivity contribution in [2.24, 2.45) is 17.3 Å². The first-order chi connectivity index (χ1) is 14.6. The molecule has 3 atom stereocenters. The second-order valence-corrected chi connectivity index (χ2v) is 10.7. The van der Waals surface area contributed by atoms with Crippen LogP contribution >= 0.6 is 0 Å². The summed E-state index contributed by atoms with van der Waals surface area (Å²) in [5.74, 6) is 0.975. The molecule has 1 fully saturated rings. The van der Waals surface area contributed by atoms with Crippen LogP contribution in [0.4, 0.5) is 0 Å². The third kappa shape index (κ3) is 10.7. The number of allylic oxidation sites excluding steroid dienone is 10. The zero-order valence-electron chi connectivity index (χ0n) is 21.9. The fourth-order valence-electron chi connectivity index (χ4n) is 4.63. The van der Waals surface area contributed by atoms with Crippen molar-refractivity contribution >= 4 is 0 Å². The van der Waals surface area contributed by atoms with E-state index >= 15 is 0 Å². The third-order valence-electron chi connectivity index (χ3n) is 6.98. The molecule has 176 valence electrons. The van der Waals surface area contributed by atoms with Crippen molar-refractivity contribution in [2.45, 2.75) is 107 Å². The maximum absolute atomic E-state index is 9.91. The summed E-state index contributed by atoms with van der Waals surface area (Å²) in [6.07, 6.45) is 21.2. The molecule has 0 aliphatic heterocycles. The molecule has 1 aliphatic carbocycles.